The summed E-state index contributed by atoms with van der Waals surface area (Å²) in [7, 11) is 0. The quantitative estimate of drug-likeness (QED) is 0.358. The van der Waals surface area contributed by atoms with E-state index in [4.69, 9.17) is 17.3 Å². The molecule has 3 nitrogen and oxygen atoms in total. The van der Waals surface area contributed by atoms with Crippen molar-refractivity contribution in [2.75, 3.05) is 0 Å². The molecule has 4 heteroatoms. The maximum absolute atomic E-state index is 10.3. The second-order valence-corrected chi connectivity index (χ2v) is 3.06. The first-order valence-electron chi connectivity index (χ1n) is 3.87. The van der Waals surface area contributed by atoms with Gasteiger partial charge in [-0.15, -0.1) is 0 Å². The van der Waals surface area contributed by atoms with Crippen LogP contribution >= 0.6 is 11.6 Å². The van der Waals surface area contributed by atoms with Crippen LogP contribution in [0.25, 0.3) is 0 Å². The zero-order chi connectivity index (χ0) is 10.6. The number of hydrogen-bond acceptors (Lipinski definition) is 2. The molecule has 0 fully saturated rings. The topological polar surface area (TPSA) is 55.5 Å². The predicted molar refractivity (Wildman–Crippen MR) is 57.9 cm³/mol. The maximum Gasteiger partial charge on any atom is 0.153 e. The van der Waals surface area contributed by atoms with Crippen LogP contribution in [0.2, 0.25) is 5.02 Å². The molecule has 1 aromatic carbocycles. The fourth-order valence-electron chi connectivity index (χ4n) is 0.817. The van der Waals surface area contributed by atoms with Gasteiger partial charge in [0, 0.05) is 10.6 Å². The van der Waals surface area contributed by atoms with Crippen molar-refractivity contribution in [3.05, 3.63) is 41.4 Å². The lowest BCUT2D eigenvalue weighted by Gasteiger charge is -1.98. The summed E-state index contributed by atoms with van der Waals surface area (Å²) in [5.74, 6) is 0.0993. The molecular weight excluding hydrogens is 200 g/mol. The van der Waals surface area contributed by atoms with Crippen molar-refractivity contribution in [2.45, 2.75) is 0 Å². The van der Waals surface area contributed by atoms with Gasteiger partial charge in [-0.05, 0) is 18.2 Å². The molecule has 0 radical (unpaired) electrons. The van der Waals surface area contributed by atoms with Gasteiger partial charge in [0.1, 0.15) is 5.84 Å². The van der Waals surface area contributed by atoms with Gasteiger partial charge in [-0.2, -0.15) is 0 Å². The molecule has 0 saturated carbocycles. The molecule has 72 valence electrons. The second-order valence-electron chi connectivity index (χ2n) is 2.62. The Balaban J connectivity index is 2.97. The van der Waals surface area contributed by atoms with Gasteiger partial charge in [-0.25, -0.2) is 4.99 Å². The zero-order valence-corrected chi connectivity index (χ0v) is 8.16. The van der Waals surface area contributed by atoms with Crippen molar-refractivity contribution in [3.8, 4) is 0 Å². The molecule has 0 amide bonds. The lowest BCUT2D eigenvalue weighted by Crippen LogP contribution is -2.14. The van der Waals surface area contributed by atoms with Gasteiger partial charge >= 0.3 is 0 Å². The van der Waals surface area contributed by atoms with E-state index in [1.54, 1.807) is 24.3 Å². The van der Waals surface area contributed by atoms with Crippen molar-refractivity contribution in [2.24, 2.45) is 10.7 Å². The number of halogens is 1. The Morgan fingerprint density at radius 3 is 2.86 bits per heavy atom. The lowest BCUT2D eigenvalue weighted by atomic mass is 10.3. The van der Waals surface area contributed by atoms with Crippen LogP contribution in [-0.2, 0) is 4.79 Å². The molecule has 0 spiro atoms. The van der Waals surface area contributed by atoms with Crippen molar-refractivity contribution in [1.29, 1.82) is 0 Å². The Morgan fingerprint density at radius 2 is 2.29 bits per heavy atom. The van der Waals surface area contributed by atoms with Crippen LogP contribution in [0.5, 0.6) is 0 Å². The first-order valence-corrected chi connectivity index (χ1v) is 4.25. The highest BCUT2D eigenvalue weighted by atomic mass is 35.5. The van der Waals surface area contributed by atoms with E-state index >= 15 is 0 Å². The fourth-order valence-corrected chi connectivity index (χ4v) is 1.00. The van der Waals surface area contributed by atoms with Gasteiger partial charge in [0.2, 0.25) is 0 Å². The minimum absolute atomic E-state index is 0.0993. The number of benzene rings is 1. The van der Waals surface area contributed by atoms with E-state index in [9.17, 15) is 4.79 Å². The third-order valence-corrected chi connectivity index (χ3v) is 1.76. The molecule has 14 heavy (non-hydrogen) atoms. The average molecular weight is 209 g/mol. The van der Waals surface area contributed by atoms with Crippen LogP contribution in [0.4, 0.5) is 5.69 Å². The minimum atomic E-state index is 0.0993. The monoisotopic (exact) mass is 208 g/mol. The third-order valence-electron chi connectivity index (χ3n) is 1.53. The van der Waals surface area contributed by atoms with Gasteiger partial charge < -0.3 is 5.73 Å². The summed E-state index contributed by atoms with van der Waals surface area (Å²) in [4.78, 5) is 14.3. The van der Waals surface area contributed by atoms with Crippen LogP contribution in [0.3, 0.4) is 0 Å². The highest BCUT2D eigenvalue weighted by Gasteiger charge is 1.98. The Hall–Kier alpha value is -1.61. The number of aldehydes is 1. The molecule has 0 unspecified atom stereocenters. The number of aliphatic imine (C=N–C) groups is 1. The largest absolute Gasteiger partial charge is 0.383 e. The first kappa shape index (κ1) is 10.5. The molecule has 2 N–H and O–H groups in total. The lowest BCUT2D eigenvalue weighted by molar-refractivity contribution is -0.104. The first-order chi connectivity index (χ1) is 6.63. The van der Waals surface area contributed by atoms with E-state index in [1.807, 2.05) is 0 Å². The summed E-state index contributed by atoms with van der Waals surface area (Å²) in [5, 5.41) is 0.566. The molecule has 0 aliphatic heterocycles. The van der Waals surface area contributed by atoms with E-state index in [1.165, 1.54) is 0 Å². The van der Waals surface area contributed by atoms with Crippen LogP contribution in [0.1, 0.15) is 0 Å². The Morgan fingerprint density at radius 1 is 1.57 bits per heavy atom. The molecule has 0 aliphatic carbocycles. The van der Waals surface area contributed by atoms with Gasteiger partial charge in [-0.1, -0.05) is 24.2 Å². The maximum atomic E-state index is 10.3. The number of rotatable bonds is 3. The SMILES string of the molecule is C=C(C=O)C(N)=Nc1cccc(Cl)c1. The van der Waals surface area contributed by atoms with Gasteiger partial charge in [0.25, 0.3) is 0 Å². The Bertz CT molecular complexity index is 399. The molecule has 0 aromatic heterocycles. The van der Waals surface area contributed by atoms with E-state index < -0.39 is 0 Å². The van der Waals surface area contributed by atoms with Crippen molar-refractivity contribution >= 4 is 29.4 Å². The highest BCUT2D eigenvalue weighted by molar-refractivity contribution is 6.30. The number of nitrogens with two attached hydrogens (primary N) is 1. The Kier molecular flexibility index (Phi) is 3.42. The normalized spacial score (nSPS) is 11.1. The van der Waals surface area contributed by atoms with Gasteiger partial charge in [0.05, 0.1) is 5.69 Å². The minimum Gasteiger partial charge on any atom is -0.383 e. The average Bonchev–Trinajstić information content (AvgIpc) is 2.16. The van der Waals surface area contributed by atoms with E-state index in [0.717, 1.165) is 0 Å². The van der Waals surface area contributed by atoms with Crippen molar-refractivity contribution in [3.63, 3.8) is 0 Å². The van der Waals surface area contributed by atoms with E-state index in [2.05, 4.69) is 11.6 Å². The van der Waals surface area contributed by atoms with Crippen molar-refractivity contribution < 1.29 is 4.79 Å². The summed E-state index contributed by atoms with van der Waals surface area (Å²) in [6.07, 6.45) is 0.559. The zero-order valence-electron chi connectivity index (χ0n) is 7.40. The number of amidine groups is 1. The molecular formula is C10H9ClN2O. The number of carbonyl (C=O) groups is 1. The summed E-state index contributed by atoms with van der Waals surface area (Å²) in [5.41, 5.74) is 6.24. The summed E-state index contributed by atoms with van der Waals surface area (Å²) >= 11 is 5.74. The molecule has 0 atom stereocenters. The smallest absolute Gasteiger partial charge is 0.153 e. The summed E-state index contributed by atoms with van der Waals surface area (Å²) in [6, 6.07) is 6.85. The second kappa shape index (κ2) is 4.58. The molecule has 0 saturated heterocycles. The molecule has 1 aromatic rings. The predicted octanol–water partition coefficient (Wildman–Crippen LogP) is 2.08. The molecule has 1 rings (SSSR count). The summed E-state index contributed by atoms with van der Waals surface area (Å²) in [6.45, 7) is 3.43. The van der Waals surface area contributed by atoms with Crippen LogP contribution < -0.4 is 5.73 Å². The fraction of sp³-hybridized carbons (Fsp3) is 0. The van der Waals surface area contributed by atoms with Crippen LogP contribution in [0.15, 0.2) is 41.4 Å². The van der Waals surface area contributed by atoms with E-state index in [-0.39, 0.29) is 11.4 Å². The van der Waals surface area contributed by atoms with Gasteiger partial charge in [0.15, 0.2) is 6.29 Å². The van der Waals surface area contributed by atoms with Crippen LogP contribution in [-0.4, -0.2) is 12.1 Å². The van der Waals surface area contributed by atoms with Crippen LogP contribution in [0, 0.1) is 0 Å². The molecule has 0 aliphatic rings. The van der Waals surface area contributed by atoms with E-state index in [0.29, 0.717) is 17.0 Å². The number of hydrogen-bond donors (Lipinski definition) is 1. The number of nitrogens with zero attached hydrogens (tertiary/aromatic N) is 1. The number of carbonyl (C=O) groups excluding carboxylic acids is 1. The standard InChI is InChI=1S/C10H9ClN2O/c1-7(6-14)10(12)13-9-4-2-3-8(11)5-9/h2-6H,1H2,(H2,12,13). The van der Waals surface area contributed by atoms with Gasteiger partial charge in [-0.3, -0.25) is 4.79 Å². The molecule has 0 bridgehead atoms. The third kappa shape index (κ3) is 2.71. The Labute approximate surface area is 86.9 Å². The molecule has 0 heterocycles. The van der Waals surface area contributed by atoms with Crippen molar-refractivity contribution in [1.82, 2.24) is 0 Å². The summed E-state index contributed by atoms with van der Waals surface area (Å²) < 4.78 is 0. The highest BCUT2D eigenvalue weighted by Crippen LogP contribution is 2.17.